The largest absolute Gasteiger partial charge is 0.465 e. The Kier molecular flexibility index (Phi) is 3.28. The number of hydrogen-bond donors (Lipinski definition) is 1. The zero-order chi connectivity index (χ0) is 9.84. The highest BCUT2D eigenvalue weighted by molar-refractivity contribution is 5.98. The van der Waals surface area contributed by atoms with Crippen LogP contribution in [0.1, 0.15) is 20.3 Å². The Bertz CT molecular complexity index is 215. The molecule has 0 aromatic carbocycles. The molecule has 1 aliphatic heterocycles. The molecule has 1 heterocycles. The molecule has 0 unspecified atom stereocenters. The van der Waals surface area contributed by atoms with Crippen molar-refractivity contribution in [2.45, 2.75) is 20.3 Å². The molecule has 2 atom stereocenters. The summed E-state index contributed by atoms with van der Waals surface area (Å²) in [6.07, 6.45) is 0.602. The van der Waals surface area contributed by atoms with Gasteiger partial charge in [0.05, 0.1) is 6.61 Å². The van der Waals surface area contributed by atoms with E-state index in [0.29, 0.717) is 25.5 Å². The van der Waals surface area contributed by atoms with Crippen LogP contribution < -0.4 is 5.32 Å². The third-order valence-electron chi connectivity index (χ3n) is 2.15. The maximum Gasteiger partial charge on any atom is 0.318 e. The normalized spacial score (nSPS) is 28.0. The van der Waals surface area contributed by atoms with Gasteiger partial charge < -0.3 is 10.1 Å². The fourth-order valence-electron chi connectivity index (χ4n) is 1.44. The van der Waals surface area contributed by atoms with Crippen LogP contribution >= 0.6 is 0 Å². The Morgan fingerprint density at radius 3 is 3.00 bits per heavy atom. The van der Waals surface area contributed by atoms with E-state index in [0.717, 1.165) is 0 Å². The van der Waals surface area contributed by atoms with E-state index < -0.39 is 11.9 Å². The van der Waals surface area contributed by atoms with E-state index in [-0.39, 0.29) is 5.91 Å². The van der Waals surface area contributed by atoms with Crippen LogP contribution in [0.15, 0.2) is 0 Å². The van der Waals surface area contributed by atoms with Crippen molar-refractivity contribution in [1.82, 2.24) is 5.32 Å². The molecule has 0 spiro atoms. The summed E-state index contributed by atoms with van der Waals surface area (Å²) in [7, 11) is 0. The fraction of sp³-hybridized carbons (Fsp3) is 0.778. The molecule has 0 aromatic heterocycles. The lowest BCUT2D eigenvalue weighted by atomic mass is 9.91. The van der Waals surface area contributed by atoms with E-state index in [9.17, 15) is 9.59 Å². The van der Waals surface area contributed by atoms with Gasteiger partial charge in [-0.1, -0.05) is 6.92 Å². The zero-order valence-corrected chi connectivity index (χ0v) is 8.00. The summed E-state index contributed by atoms with van der Waals surface area (Å²) in [5, 5.41) is 2.68. The predicted octanol–water partition coefficient (Wildman–Crippen LogP) is 0.322. The highest BCUT2D eigenvalue weighted by Gasteiger charge is 2.33. The number of rotatable bonds is 2. The first-order valence-corrected chi connectivity index (χ1v) is 4.59. The number of piperidine rings is 1. The van der Waals surface area contributed by atoms with Crippen LogP contribution in [-0.2, 0) is 14.3 Å². The lowest BCUT2D eigenvalue weighted by Gasteiger charge is -2.25. The summed E-state index contributed by atoms with van der Waals surface area (Å²) in [6, 6.07) is 0. The molecule has 1 fully saturated rings. The van der Waals surface area contributed by atoms with E-state index in [1.54, 1.807) is 6.92 Å². The quantitative estimate of drug-likeness (QED) is 0.498. The van der Waals surface area contributed by atoms with Crippen molar-refractivity contribution in [3.05, 3.63) is 0 Å². The third kappa shape index (κ3) is 2.44. The number of carbonyl (C=O) groups excluding carboxylic acids is 2. The van der Waals surface area contributed by atoms with Crippen molar-refractivity contribution in [1.29, 1.82) is 0 Å². The molecule has 74 valence electrons. The van der Waals surface area contributed by atoms with Gasteiger partial charge >= 0.3 is 5.97 Å². The van der Waals surface area contributed by atoms with Gasteiger partial charge in [-0.15, -0.1) is 0 Å². The van der Waals surface area contributed by atoms with Crippen molar-refractivity contribution >= 4 is 11.9 Å². The van der Waals surface area contributed by atoms with E-state index in [2.05, 4.69) is 5.32 Å². The average Bonchev–Trinajstić information content (AvgIpc) is 2.09. The summed E-state index contributed by atoms with van der Waals surface area (Å²) >= 11 is 0. The van der Waals surface area contributed by atoms with Crippen LogP contribution in [-0.4, -0.2) is 25.0 Å². The topological polar surface area (TPSA) is 55.4 Å². The SMILES string of the molecule is CCOC(=O)[C@@H]1C[C@H](C)CNC1=O. The average molecular weight is 185 g/mol. The maximum absolute atomic E-state index is 11.3. The Labute approximate surface area is 77.6 Å². The highest BCUT2D eigenvalue weighted by Crippen LogP contribution is 2.17. The van der Waals surface area contributed by atoms with Gasteiger partial charge in [-0.25, -0.2) is 0 Å². The molecule has 0 bridgehead atoms. The molecule has 4 nitrogen and oxygen atoms in total. The molecule has 1 saturated heterocycles. The second kappa shape index (κ2) is 4.25. The van der Waals surface area contributed by atoms with Gasteiger partial charge in [-0.05, 0) is 19.3 Å². The molecule has 1 rings (SSSR count). The summed E-state index contributed by atoms with van der Waals surface area (Å²) in [5.74, 6) is -0.834. The van der Waals surface area contributed by atoms with Crippen LogP contribution in [0.3, 0.4) is 0 Å². The molecule has 1 aliphatic rings. The van der Waals surface area contributed by atoms with Gasteiger partial charge in [0, 0.05) is 6.54 Å². The number of amides is 1. The Balaban J connectivity index is 2.55. The third-order valence-corrected chi connectivity index (χ3v) is 2.15. The lowest BCUT2D eigenvalue weighted by Crippen LogP contribution is -2.44. The Hall–Kier alpha value is -1.06. The second-order valence-electron chi connectivity index (χ2n) is 3.39. The van der Waals surface area contributed by atoms with Crippen molar-refractivity contribution in [3.8, 4) is 0 Å². The van der Waals surface area contributed by atoms with E-state index in [4.69, 9.17) is 4.74 Å². The molecule has 0 aromatic rings. The number of ether oxygens (including phenoxy) is 1. The molecule has 13 heavy (non-hydrogen) atoms. The van der Waals surface area contributed by atoms with Gasteiger partial charge in [0.25, 0.3) is 0 Å². The fourth-order valence-corrected chi connectivity index (χ4v) is 1.44. The van der Waals surface area contributed by atoms with Gasteiger partial charge in [-0.2, -0.15) is 0 Å². The first kappa shape index (κ1) is 10.0. The molecular formula is C9H15NO3. The minimum atomic E-state index is -0.594. The lowest BCUT2D eigenvalue weighted by molar-refractivity contribution is -0.154. The number of esters is 1. The summed E-state index contributed by atoms with van der Waals surface area (Å²) in [6.45, 7) is 4.74. The van der Waals surface area contributed by atoms with Crippen molar-refractivity contribution in [2.75, 3.05) is 13.2 Å². The van der Waals surface area contributed by atoms with Crippen molar-refractivity contribution in [3.63, 3.8) is 0 Å². The molecule has 0 radical (unpaired) electrons. The van der Waals surface area contributed by atoms with Crippen molar-refractivity contribution in [2.24, 2.45) is 11.8 Å². The monoisotopic (exact) mass is 185 g/mol. The molecule has 1 N–H and O–H groups in total. The van der Waals surface area contributed by atoms with Gasteiger partial charge in [0.2, 0.25) is 5.91 Å². The Morgan fingerprint density at radius 2 is 2.38 bits per heavy atom. The minimum Gasteiger partial charge on any atom is -0.465 e. The highest BCUT2D eigenvalue weighted by atomic mass is 16.5. The molecule has 4 heteroatoms. The van der Waals surface area contributed by atoms with Gasteiger partial charge in [-0.3, -0.25) is 9.59 Å². The number of nitrogens with one attached hydrogen (secondary N) is 1. The summed E-state index contributed by atoms with van der Waals surface area (Å²) in [4.78, 5) is 22.5. The van der Waals surface area contributed by atoms with Crippen LogP contribution in [0.5, 0.6) is 0 Å². The summed E-state index contributed by atoms with van der Waals surface area (Å²) in [5.41, 5.74) is 0. The predicted molar refractivity (Wildman–Crippen MR) is 46.9 cm³/mol. The van der Waals surface area contributed by atoms with E-state index in [1.165, 1.54) is 0 Å². The number of carbonyl (C=O) groups is 2. The second-order valence-corrected chi connectivity index (χ2v) is 3.39. The van der Waals surface area contributed by atoms with Gasteiger partial charge in [0.1, 0.15) is 5.92 Å². The molecule has 0 aliphatic carbocycles. The minimum absolute atomic E-state index is 0.198. The first-order chi connectivity index (χ1) is 6.15. The first-order valence-electron chi connectivity index (χ1n) is 4.59. The van der Waals surface area contributed by atoms with Crippen LogP contribution in [0.2, 0.25) is 0 Å². The van der Waals surface area contributed by atoms with E-state index in [1.807, 2.05) is 6.92 Å². The molecular weight excluding hydrogens is 170 g/mol. The smallest absolute Gasteiger partial charge is 0.318 e. The molecule has 1 amide bonds. The van der Waals surface area contributed by atoms with Gasteiger partial charge in [0.15, 0.2) is 0 Å². The van der Waals surface area contributed by atoms with E-state index >= 15 is 0 Å². The van der Waals surface area contributed by atoms with Crippen LogP contribution in [0.25, 0.3) is 0 Å². The Morgan fingerprint density at radius 1 is 1.69 bits per heavy atom. The standard InChI is InChI=1S/C9H15NO3/c1-3-13-9(12)7-4-6(2)5-10-8(7)11/h6-7H,3-5H2,1-2H3,(H,10,11)/t6-,7+/m0/s1. The zero-order valence-electron chi connectivity index (χ0n) is 8.00. The number of hydrogen-bond acceptors (Lipinski definition) is 3. The van der Waals surface area contributed by atoms with Crippen molar-refractivity contribution < 1.29 is 14.3 Å². The molecule has 0 saturated carbocycles. The van der Waals surface area contributed by atoms with Crippen LogP contribution in [0, 0.1) is 11.8 Å². The van der Waals surface area contributed by atoms with Crippen LogP contribution in [0.4, 0.5) is 0 Å². The maximum atomic E-state index is 11.3. The summed E-state index contributed by atoms with van der Waals surface area (Å²) < 4.78 is 4.80.